The maximum absolute atomic E-state index is 3.00. The van der Waals surface area contributed by atoms with Crippen LogP contribution in [0.1, 0.15) is 0 Å². The molecule has 0 aliphatic rings. The van der Waals surface area contributed by atoms with E-state index in [2.05, 4.69) is 13.2 Å². The molecule has 36 valence electrons. The molecule has 0 fully saturated rings. The summed E-state index contributed by atoms with van der Waals surface area (Å²) < 4.78 is 0. The molecular weight excluding hydrogens is 141 g/mol. The average Bonchev–Trinajstić information content (AvgIpc) is 1.00. The molecule has 0 atom stereocenters. The molecule has 0 radical (unpaired) electrons. The summed E-state index contributed by atoms with van der Waals surface area (Å²) >= 11 is 0. The van der Waals surface area contributed by atoms with E-state index >= 15 is 0 Å². The van der Waals surface area contributed by atoms with Gasteiger partial charge in [0.15, 0.2) is 0 Å². The quantitative estimate of drug-likeness (QED) is 0.252. The van der Waals surface area contributed by atoms with Crippen molar-refractivity contribution in [3.8, 4) is 0 Å². The molecule has 0 aliphatic carbocycles. The molecule has 0 spiro atoms. The maximum atomic E-state index is 3.00. The van der Waals surface area contributed by atoms with Gasteiger partial charge in [0.05, 0.1) is 0 Å². The number of rotatable bonds is 0. The van der Waals surface area contributed by atoms with Crippen molar-refractivity contribution in [2.45, 2.75) is 0 Å². The van der Waals surface area contributed by atoms with E-state index < -0.39 is 0 Å². The smallest absolute Gasteiger partial charge is 0.870 e. The van der Waals surface area contributed by atoms with E-state index in [4.69, 9.17) is 0 Å². The Morgan fingerprint density at radius 2 is 0.500 bits per heavy atom. The molecule has 0 amide bonds. The molecule has 0 aromatic carbocycles. The summed E-state index contributed by atoms with van der Waals surface area (Å²) in [5.74, 6) is 0. The molecule has 0 aliphatic heterocycles. The molecule has 3 N–H and O–H groups in total. The van der Waals surface area contributed by atoms with E-state index in [-0.39, 0.29) is 105 Å². The third kappa shape index (κ3) is 72.9. The Balaban J connectivity index is -0.000000000333. The van der Waals surface area contributed by atoms with Crippen LogP contribution in [0.2, 0.25) is 0 Å². The molecule has 0 saturated heterocycles. The molecule has 0 rings (SSSR count). The van der Waals surface area contributed by atoms with Gasteiger partial charge >= 0.3 is 88.7 Å². The van der Waals surface area contributed by atoms with Gasteiger partial charge in [0, 0.05) is 0 Å². The molecule has 0 bridgehead atoms. The first kappa shape index (κ1) is 75.0. The summed E-state index contributed by atoms with van der Waals surface area (Å²) in [6.07, 6.45) is 0. The fourth-order valence-corrected chi connectivity index (χ4v) is 0. The zero-order valence-electron chi connectivity index (χ0n) is 5.76. The maximum Gasteiger partial charge on any atom is 1.00 e. The summed E-state index contributed by atoms with van der Waals surface area (Å²) in [5.41, 5.74) is 0. The van der Waals surface area contributed by atoms with E-state index in [0.29, 0.717) is 0 Å². The predicted molar refractivity (Wildman–Crippen MR) is 17.1 cm³/mol. The average molecular weight is 148 g/mol. The van der Waals surface area contributed by atoms with Crippen LogP contribution in [0.4, 0.5) is 0 Å². The van der Waals surface area contributed by atoms with Gasteiger partial charge in [-0.05, 0) is 0 Å². The number of hydrogen-bond donors (Lipinski definition) is 0. The van der Waals surface area contributed by atoms with Gasteiger partial charge in [0.2, 0.25) is 0 Å². The number of hydrogen-bond acceptors (Lipinski definition) is 3. The molecule has 0 unspecified atom stereocenters. The first-order chi connectivity index (χ1) is 1.00. The van der Waals surface area contributed by atoms with Crippen LogP contribution in [0, 0.1) is 0 Å². The van der Waals surface area contributed by atoms with Crippen LogP contribution in [0.25, 0.3) is 0 Å². The summed E-state index contributed by atoms with van der Waals surface area (Å²) in [6, 6.07) is 0. The monoisotopic (exact) mass is 148 g/mol. The minimum Gasteiger partial charge on any atom is -0.870 e. The summed E-state index contributed by atoms with van der Waals surface area (Å²) in [5, 5.41) is 0. The van der Waals surface area contributed by atoms with Gasteiger partial charge in [-0.15, -0.1) is 13.2 Å². The van der Waals surface area contributed by atoms with Crippen LogP contribution in [0.3, 0.4) is 0 Å². The van der Waals surface area contributed by atoms with Crippen molar-refractivity contribution in [1.82, 2.24) is 0 Å². The van der Waals surface area contributed by atoms with Crippen LogP contribution in [-0.4, -0.2) is 16.4 Å². The van der Waals surface area contributed by atoms with Crippen molar-refractivity contribution in [1.29, 1.82) is 0 Å². The van der Waals surface area contributed by atoms with Gasteiger partial charge in [0.25, 0.3) is 0 Å². The first-order valence-corrected chi connectivity index (χ1v) is 0.500. The predicted octanol–water partition coefficient (Wildman–Crippen LogP) is -8.72. The second kappa shape index (κ2) is 104. The third-order valence-corrected chi connectivity index (χ3v) is 0. The van der Waals surface area contributed by atoms with E-state index in [9.17, 15) is 0 Å². The fourth-order valence-electron chi connectivity index (χ4n) is 0. The summed E-state index contributed by atoms with van der Waals surface area (Å²) in [7, 11) is 0. The molecule has 8 heavy (non-hydrogen) atoms. The van der Waals surface area contributed by atoms with Gasteiger partial charge in [-0.2, -0.15) is 0 Å². The van der Waals surface area contributed by atoms with Crippen molar-refractivity contribution < 1.29 is 105 Å². The minimum absolute atomic E-state index is 0. The van der Waals surface area contributed by atoms with Crippen LogP contribution >= 0.6 is 0 Å². The zero-order chi connectivity index (χ0) is 2.00. The van der Waals surface area contributed by atoms with Crippen molar-refractivity contribution in [2.24, 2.45) is 0 Å². The summed E-state index contributed by atoms with van der Waals surface area (Å²) in [6.45, 7) is 6.00. The van der Waals surface area contributed by atoms with Gasteiger partial charge in [-0.25, -0.2) is 0 Å². The Bertz CT molecular complexity index is 12.5. The van der Waals surface area contributed by atoms with Crippen LogP contribution in [-0.2, 0) is 0 Å². The zero-order valence-corrected chi connectivity index (χ0v) is 11.8. The fraction of sp³-hybridized carbons (Fsp3) is 0. The molecule has 0 heterocycles. The molecule has 6 heteroatoms. The van der Waals surface area contributed by atoms with Crippen LogP contribution < -0.4 is 88.7 Å². The van der Waals surface area contributed by atoms with Gasteiger partial charge < -0.3 is 16.4 Å². The van der Waals surface area contributed by atoms with E-state index in [0.717, 1.165) is 0 Å². The third-order valence-electron chi connectivity index (χ3n) is 0. The van der Waals surface area contributed by atoms with E-state index in [1.165, 1.54) is 0 Å². The van der Waals surface area contributed by atoms with E-state index in [1.54, 1.807) is 0 Å². The largest absolute Gasteiger partial charge is 1.00 e. The molecule has 3 nitrogen and oxygen atoms in total. The topological polar surface area (TPSA) is 90.0 Å². The standard InChI is InChI=1S/C2H4.3Na.3H2O/c1-2;;;;;;/h1-2H2;;;;3*1H2/q;3*+1;;;/p-3. The van der Waals surface area contributed by atoms with Crippen molar-refractivity contribution >= 4 is 0 Å². The Hall–Kier alpha value is 2.62. The Morgan fingerprint density at radius 3 is 0.500 bits per heavy atom. The second-order valence-electron chi connectivity index (χ2n) is 0. The van der Waals surface area contributed by atoms with E-state index in [1.807, 2.05) is 0 Å². The van der Waals surface area contributed by atoms with Gasteiger partial charge in [-0.1, -0.05) is 0 Å². The Morgan fingerprint density at radius 1 is 0.500 bits per heavy atom. The van der Waals surface area contributed by atoms with Gasteiger partial charge in [0.1, 0.15) is 0 Å². The second-order valence-corrected chi connectivity index (χ2v) is 0. The van der Waals surface area contributed by atoms with Crippen molar-refractivity contribution in [3.05, 3.63) is 13.2 Å². The molecule has 0 aromatic rings. The Labute approximate surface area is 116 Å². The Kier molecular flexibility index (Phi) is 976. The van der Waals surface area contributed by atoms with Crippen LogP contribution in [0.15, 0.2) is 13.2 Å². The molecular formula is C2H7Na3O3. The minimum atomic E-state index is 0. The molecule has 0 saturated carbocycles. The normalized spacial score (nSPS) is 0.500. The van der Waals surface area contributed by atoms with Crippen molar-refractivity contribution in [2.75, 3.05) is 0 Å². The first-order valence-electron chi connectivity index (χ1n) is 0.500. The SMILES string of the molecule is C=C.[Na+].[Na+].[Na+].[OH-].[OH-].[OH-]. The van der Waals surface area contributed by atoms with Crippen LogP contribution in [0.5, 0.6) is 0 Å². The van der Waals surface area contributed by atoms with Crippen molar-refractivity contribution in [3.63, 3.8) is 0 Å². The summed E-state index contributed by atoms with van der Waals surface area (Å²) in [4.78, 5) is 0. The molecule has 0 aromatic heterocycles. The van der Waals surface area contributed by atoms with Gasteiger partial charge in [-0.3, -0.25) is 0 Å².